The fourth-order valence-corrected chi connectivity index (χ4v) is 2.64. The fourth-order valence-electron chi connectivity index (χ4n) is 2.64. The van der Waals surface area contributed by atoms with Crippen LogP contribution in [0, 0.1) is 11.3 Å². The third-order valence-electron chi connectivity index (χ3n) is 3.90. The maximum Gasteiger partial charge on any atom is 0.120 e. The SMILES string of the molecule is CN(CCOc1cccc(C#N)c1)CC1CCCN1C. The zero-order valence-electron chi connectivity index (χ0n) is 12.4. The lowest BCUT2D eigenvalue weighted by molar-refractivity contribution is 0.190. The van der Waals surface area contributed by atoms with Gasteiger partial charge in [-0.1, -0.05) is 6.07 Å². The number of likely N-dealkylation sites (tertiary alicyclic amines) is 1. The maximum absolute atomic E-state index is 8.84. The van der Waals surface area contributed by atoms with Crippen LogP contribution >= 0.6 is 0 Å². The third-order valence-corrected chi connectivity index (χ3v) is 3.90. The van der Waals surface area contributed by atoms with Gasteiger partial charge >= 0.3 is 0 Å². The Morgan fingerprint density at radius 3 is 3.05 bits per heavy atom. The Morgan fingerprint density at radius 1 is 1.50 bits per heavy atom. The van der Waals surface area contributed by atoms with Gasteiger partial charge in [0.15, 0.2) is 0 Å². The molecule has 1 aromatic rings. The van der Waals surface area contributed by atoms with Crippen LogP contribution in [0.2, 0.25) is 0 Å². The van der Waals surface area contributed by atoms with E-state index in [9.17, 15) is 0 Å². The van der Waals surface area contributed by atoms with Crippen LogP contribution in [0.15, 0.2) is 24.3 Å². The van der Waals surface area contributed by atoms with Gasteiger partial charge in [0.05, 0.1) is 11.6 Å². The highest BCUT2D eigenvalue weighted by molar-refractivity contribution is 5.36. The average Bonchev–Trinajstić information content (AvgIpc) is 2.84. The Balaban J connectivity index is 1.71. The molecule has 1 aromatic carbocycles. The van der Waals surface area contributed by atoms with Crippen LogP contribution in [0.4, 0.5) is 0 Å². The zero-order chi connectivity index (χ0) is 14.4. The summed E-state index contributed by atoms with van der Waals surface area (Å²) in [6.07, 6.45) is 2.61. The molecule has 1 unspecified atom stereocenters. The van der Waals surface area contributed by atoms with Gasteiger partial charge in [0, 0.05) is 19.1 Å². The molecular formula is C16H23N3O. The van der Waals surface area contributed by atoms with E-state index in [0.29, 0.717) is 18.2 Å². The van der Waals surface area contributed by atoms with Crippen LogP contribution in [0.5, 0.6) is 5.75 Å². The molecule has 1 saturated heterocycles. The summed E-state index contributed by atoms with van der Waals surface area (Å²) in [6.45, 7) is 3.87. The molecule has 0 aliphatic carbocycles. The quantitative estimate of drug-likeness (QED) is 0.794. The molecule has 1 heterocycles. The summed E-state index contributed by atoms with van der Waals surface area (Å²) in [5.74, 6) is 0.774. The largest absolute Gasteiger partial charge is 0.492 e. The summed E-state index contributed by atoms with van der Waals surface area (Å²) in [4.78, 5) is 4.76. The maximum atomic E-state index is 8.84. The van der Waals surface area contributed by atoms with Crippen LogP contribution in [-0.2, 0) is 0 Å². The van der Waals surface area contributed by atoms with E-state index >= 15 is 0 Å². The molecule has 0 spiro atoms. The van der Waals surface area contributed by atoms with Gasteiger partial charge in [0.1, 0.15) is 12.4 Å². The predicted octanol–water partition coefficient (Wildman–Crippen LogP) is 1.96. The van der Waals surface area contributed by atoms with Gasteiger partial charge in [-0.3, -0.25) is 0 Å². The van der Waals surface area contributed by atoms with Crippen molar-refractivity contribution in [3.8, 4) is 11.8 Å². The van der Waals surface area contributed by atoms with E-state index in [2.05, 4.69) is 30.0 Å². The van der Waals surface area contributed by atoms with E-state index in [1.165, 1.54) is 19.4 Å². The summed E-state index contributed by atoms with van der Waals surface area (Å²) >= 11 is 0. The van der Waals surface area contributed by atoms with Gasteiger partial charge in [0.25, 0.3) is 0 Å². The van der Waals surface area contributed by atoms with E-state index in [-0.39, 0.29) is 0 Å². The highest BCUT2D eigenvalue weighted by atomic mass is 16.5. The second-order valence-corrected chi connectivity index (χ2v) is 5.53. The van der Waals surface area contributed by atoms with Crippen molar-refractivity contribution >= 4 is 0 Å². The highest BCUT2D eigenvalue weighted by Crippen LogP contribution is 2.15. The first kappa shape index (κ1) is 14.8. The molecule has 2 rings (SSSR count). The Bertz CT molecular complexity index is 469. The van der Waals surface area contributed by atoms with Gasteiger partial charge in [-0.25, -0.2) is 0 Å². The van der Waals surface area contributed by atoms with Gasteiger partial charge in [-0.2, -0.15) is 5.26 Å². The van der Waals surface area contributed by atoms with Crippen LogP contribution in [0.3, 0.4) is 0 Å². The van der Waals surface area contributed by atoms with E-state index in [4.69, 9.17) is 10.00 Å². The average molecular weight is 273 g/mol. The smallest absolute Gasteiger partial charge is 0.120 e. The normalized spacial score (nSPS) is 19.2. The lowest BCUT2D eigenvalue weighted by Crippen LogP contribution is -2.38. The number of hydrogen-bond donors (Lipinski definition) is 0. The first-order chi connectivity index (χ1) is 9.69. The molecule has 0 radical (unpaired) electrons. The number of rotatable bonds is 6. The number of nitrogens with zero attached hydrogens (tertiary/aromatic N) is 3. The number of benzene rings is 1. The van der Waals surface area contributed by atoms with E-state index in [1.54, 1.807) is 12.1 Å². The molecule has 4 nitrogen and oxygen atoms in total. The summed E-state index contributed by atoms with van der Waals surface area (Å²) in [5.41, 5.74) is 0.642. The van der Waals surface area contributed by atoms with Gasteiger partial charge in [0.2, 0.25) is 0 Å². The van der Waals surface area contributed by atoms with E-state index < -0.39 is 0 Å². The van der Waals surface area contributed by atoms with Crippen molar-refractivity contribution in [2.24, 2.45) is 0 Å². The molecule has 0 N–H and O–H groups in total. The van der Waals surface area contributed by atoms with Gasteiger partial charge in [-0.15, -0.1) is 0 Å². The molecular weight excluding hydrogens is 250 g/mol. The van der Waals surface area contributed by atoms with Crippen LogP contribution in [0.1, 0.15) is 18.4 Å². The van der Waals surface area contributed by atoms with Crippen LogP contribution in [0.25, 0.3) is 0 Å². The van der Waals surface area contributed by atoms with Gasteiger partial charge in [-0.05, 0) is 51.7 Å². The molecule has 1 aliphatic rings. The van der Waals surface area contributed by atoms with Crippen molar-refractivity contribution < 1.29 is 4.74 Å². The van der Waals surface area contributed by atoms with Crippen molar-refractivity contribution in [1.82, 2.24) is 9.80 Å². The lowest BCUT2D eigenvalue weighted by Gasteiger charge is -2.25. The number of ether oxygens (including phenoxy) is 1. The number of likely N-dealkylation sites (N-methyl/N-ethyl adjacent to an activating group) is 2. The predicted molar refractivity (Wildman–Crippen MR) is 79.8 cm³/mol. The Hall–Kier alpha value is -1.57. The summed E-state index contributed by atoms with van der Waals surface area (Å²) in [5, 5.41) is 8.84. The molecule has 108 valence electrons. The van der Waals surface area contributed by atoms with Crippen molar-refractivity contribution in [2.45, 2.75) is 18.9 Å². The number of nitriles is 1. The van der Waals surface area contributed by atoms with Crippen molar-refractivity contribution in [3.05, 3.63) is 29.8 Å². The van der Waals surface area contributed by atoms with Crippen molar-refractivity contribution in [2.75, 3.05) is 40.3 Å². The minimum absolute atomic E-state index is 0.642. The Labute approximate surface area is 121 Å². The molecule has 4 heteroatoms. The number of hydrogen-bond acceptors (Lipinski definition) is 4. The second-order valence-electron chi connectivity index (χ2n) is 5.53. The summed E-state index contributed by atoms with van der Waals surface area (Å²) in [7, 11) is 4.34. The topological polar surface area (TPSA) is 39.5 Å². The van der Waals surface area contributed by atoms with E-state index in [1.807, 2.05) is 12.1 Å². The molecule has 0 amide bonds. The standard InChI is InChI=1S/C16H23N3O/c1-18(13-15-6-4-8-19(15)2)9-10-20-16-7-3-5-14(11-16)12-17/h3,5,7,11,15H,4,6,8-10,13H2,1-2H3. The lowest BCUT2D eigenvalue weighted by atomic mass is 10.2. The monoisotopic (exact) mass is 273 g/mol. The molecule has 1 fully saturated rings. The minimum Gasteiger partial charge on any atom is -0.492 e. The second kappa shape index (κ2) is 7.28. The first-order valence-corrected chi connectivity index (χ1v) is 7.21. The molecule has 0 aromatic heterocycles. The van der Waals surface area contributed by atoms with E-state index in [0.717, 1.165) is 18.8 Å². The third kappa shape index (κ3) is 4.22. The Morgan fingerprint density at radius 2 is 2.35 bits per heavy atom. The first-order valence-electron chi connectivity index (χ1n) is 7.21. The highest BCUT2D eigenvalue weighted by Gasteiger charge is 2.21. The Kier molecular flexibility index (Phi) is 5.40. The summed E-state index contributed by atoms with van der Waals surface area (Å²) < 4.78 is 5.70. The summed E-state index contributed by atoms with van der Waals surface area (Å²) in [6, 6.07) is 10.1. The molecule has 20 heavy (non-hydrogen) atoms. The molecule has 1 atom stereocenters. The fraction of sp³-hybridized carbons (Fsp3) is 0.562. The molecule has 0 saturated carbocycles. The van der Waals surface area contributed by atoms with Crippen LogP contribution < -0.4 is 4.74 Å². The molecule has 1 aliphatic heterocycles. The minimum atomic E-state index is 0.642. The zero-order valence-corrected chi connectivity index (χ0v) is 12.4. The molecule has 0 bridgehead atoms. The van der Waals surface area contributed by atoms with Crippen LogP contribution in [-0.4, -0.2) is 56.2 Å². The van der Waals surface area contributed by atoms with Crippen molar-refractivity contribution in [1.29, 1.82) is 5.26 Å². The van der Waals surface area contributed by atoms with Gasteiger partial charge < -0.3 is 14.5 Å². The van der Waals surface area contributed by atoms with Crippen molar-refractivity contribution in [3.63, 3.8) is 0 Å².